The zero-order chi connectivity index (χ0) is 16.5. The van der Waals surface area contributed by atoms with Gasteiger partial charge in [0.15, 0.2) is 5.96 Å². The number of piperidine rings is 1. The number of aromatic nitrogens is 1. The molecule has 0 spiro atoms. The van der Waals surface area contributed by atoms with Crippen molar-refractivity contribution in [2.75, 3.05) is 26.2 Å². The highest BCUT2D eigenvalue weighted by Crippen LogP contribution is 2.13. The molecule has 0 unspecified atom stereocenters. The van der Waals surface area contributed by atoms with E-state index >= 15 is 0 Å². The summed E-state index contributed by atoms with van der Waals surface area (Å²) in [6.07, 6.45) is 6.91. The third-order valence-electron chi connectivity index (χ3n) is 4.14. The highest BCUT2D eigenvalue weighted by atomic mass is 32.1. The largest absolute Gasteiger partial charge is 0.357 e. The molecule has 5 nitrogen and oxygen atoms in total. The van der Waals surface area contributed by atoms with E-state index in [0.717, 1.165) is 17.5 Å². The van der Waals surface area contributed by atoms with Crippen LogP contribution in [0.1, 0.15) is 49.4 Å². The van der Waals surface area contributed by atoms with Gasteiger partial charge in [0.1, 0.15) is 5.01 Å². The molecule has 1 aromatic heterocycles. The number of aliphatic imine (C=N–C) groups is 1. The summed E-state index contributed by atoms with van der Waals surface area (Å²) in [5.74, 6) is 0.923. The van der Waals surface area contributed by atoms with Gasteiger partial charge >= 0.3 is 0 Å². The second kappa shape index (κ2) is 9.88. The Bertz CT molecular complexity index is 477. The Labute approximate surface area is 144 Å². The predicted octanol–water partition coefficient (Wildman–Crippen LogP) is 2.77. The third-order valence-corrected chi connectivity index (χ3v) is 5.04. The maximum absolute atomic E-state index is 4.69. The van der Waals surface area contributed by atoms with E-state index in [4.69, 9.17) is 0 Å². The molecule has 23 heavy (non-hydrogen) atoms. The molecule has 2 rings (SSSR count). The molecule has 1 fully saturated rings. The van der Waals surface area contributed by atoms with E-state index in [1.165, 1.54) is 50.2 Å². The summed E-state index contributed by atoms with van der Waals surface area (Å²) in [7, 11) is 0. The highest BCUT2D eigenvalue weighted by molar-refractivity contribution is 7.11. The zero-order valence-corrected chi connectivity index (χ0v) is 15.6. The van der Waals surface area contributed by atoms with E-state index in [1.807, 2.05) is 6.20 Å². The molecule has 0 radical (unpaired) electrons. The molecule has 1 saturated heterocycles. The number of rotatable bonds is 7. The van der Waals surface area contributed by atoms with Crippen molar-refractivity contribution in [1.82, 2.24) is 20.5 Å². The fourth-order valence-electron chi connectivity index (χ4n) is 2.82. The summed E-state index contributed by atoms with van der Waals surface area (Å²) >= 11 is 1.72. The molecule has 6 heteroatoms. The van der Waals surface area contributed by atoms with E-state index in [9.17, 15) is 0 Å². The zero-order valence-electron chi connectivity index (χ0n) is 14.8. The van der Waals surface area contributed by atoms with Gasteiger partial charge in [-0.05, 0) is 39.7 Å². The Hall–Kier alpha value is -1.14. The Morgan fingerprint density at radius 1 is 1.39 bits per heavy atom. The number of aryl methyl sites for hydroxylation is 1. The van der Waals surface area contributed by atoms with Gasteiger partial charge < -0.3 is 15.5 Å². The summed E-state index contributed by atoms with van der Waals surface area (Å²) in [4.78, 5) is 12.9. The van der Waals surface area contributed by atoms with Gasteiger partial charge in [0.2, 0.25) is 0 Å². The van der Waals surface area contributed by atoms with E-state index in [0.29, 0.717) is 12.6 Å². The summed E-state index contributed by atoms with van der Waals surface area (Å²) < 4.78 is 0. The monoisotopic (exact) mass is 337 g/mol. The quantitative estimate of drug-likeness (QED) is 0.593. The standard InChI is InChI=1S/C17H31N5S/c1-4-6-9-22-10-7-15(8-11-22)21-17(18-5-2)20-13-16-19-12-14(3)23-16/h12,15H,4-11,13H2,1-3H3,(H2,18,20,21). The number of nitrogens with zero attached hydrogens (tertiary/aromatic N) is 3. The third kappa shape index (κ3) is 6.47. The van der Waals surface area contributed by atoms with Crippen LogP contribution in [0.5, 0.6) is 0 Å². The lowest BCUT2D eigenvalue weighted by atomic mass is 10.0. The molecule has 0 amide bonds. The van der Waals surface area contributed by atoms with Crippen LogP contribution < -0.4 is 10.6 Å². The maximum Gasteiger partial charge on any atom is 0.191 e. The maximum atomic E-state index is 4.69. The average molecular weight is 338 g/mol. The van der Waals surface area contributed by atoms with Crippen molar-refractivity contribution in [3.63, 3.8) is 0 Å². The lowest BCUT2D eigenvalue weighted by Crippen LogP contribution is -2.48. The highest BCUT2D eigenvalue weighted by Gasteiger charge is 2.19. The summed E-state index contributed by atoms with van der Waals surface area (Å²) in [5, 5.41) is 8.03. The summed E-state index contributed by atoms with van der Waals surface area (Å²) in [6, 6.07) is 0.531. The van der Waals surface area contributed by atoms with Crippen LogP contribution in [-0.2, 0) is 6.54 Å². The van der Waals surface area contributed by atoms with Crippen LogP contribution >= 0.6 is 11.3 Å². The Kier molecular flexibility index (Phi) is 7.82. The van der Waals surface area contributed by atoms with Crippen LogP contribution in [0.4, 0.5) is 0 Å². The first-order valence-corrected chi connectivity index (χ1v) is 9.71. The predicted molar refractivity (Wildman–Crippen MR) is 99.2 cm³/mol. The molecule has 1 aliphatic rings. The molecule has 1 aromatic rings. The summed E-state index contributed by atoms with van der Waals surface area (Å²) in [6.45, 7) is 11.6. The molecule has 0 saturated carbocycles. The minimum Gasteiger partial charge on any atom is -0.357 e. The molecule has 0 aromatic carbocycles. The van der Waals surface area contributed by atoms with Gasteiger partial charge in [-0.3, -0.25) is 0 Å². The minimum atomic E-state index is 0.531. The van der Waals surface area contributed by atoms with Gasteiger partial charge in [-0.1, -0.05) is 13.3 Å². The Morgan fingerprint density at radius 2 is 2.17 bits per heavy atom. The number of hydrogen-bond donors (Lipinski definition) is 2. The van der Waals surface area contributed by atoms with Gasteiger partial charge in [-0.25, -0.2) is 9.98 Å². The van der Waals surface area contributed by atoms with Gasteiger partial charge in [0, 0.05) is 36.8 Å². The molecule has 0 bridgehead atoms. The first-order valence-electron chi connectivity index (χ1n) is 8.89. The number of nitrogens with one attached hydrogen (secondary N) is 2. The molecule has 0 aliphatic carbocycles. The van der Waals surface area contributed by atoms with Crippen molar-refractivity contribution >= 4 is 17.3 Å². The van der Waals surface area contributed by atoms with E-state index in [2.05, 4.69) is 46.3 Å². The number of hydrogen-bond acceptors (Lipinski definition) is 4. The van der Waals surface area contributed by atoms with Crippen LogP contribution in [0.3, 0.4) is 0 Å². The van der Waals surface area contributed by atoms with E-state index in [1.54, 1.807) is 11.3 Å². The topological polar surface area (TPSA) is 52.5 Å². The average Bonchev–Trinajstić information content (AvgIpc) is 2.98. The second-order valence-corrected chi connectivity index (χ2v) is 7.49. The molecule has 1 aliphatic heterocycles. The second-order valence-electron chi connectivity index (χ2n) is 6.17. The molecule has 130 valence electrons. The van der Waals surface area contributed by atoms with Gasteiger partial charge in [0.05, 0.1) is 6.54 Å². The first-order chi connectivity index (χ1) is 11.2. The molecule has 2 heterocycles. The lowest BCUT2D eigenvalue weighted by Gasteiger charge is -2.33. The lowest BCUT2D eigenvalue weighted by molar-refractivity contribution is 0.203. The fraction of sp³-hybridized carbons (Fsp3) is 0.765. The number of guanidine groups is 1. The van der Waals surface area contributed by atoms with Crippen molar-refractivity contribution in [3.8, 4) is 0 Å². The van der Waals surface area contributed by atoms with Crippen molar-refractivity contribution in [2.24, 2.45) is 4.99 Å². The number of unbranched alkanes of at least 4 members (excludes halogenated alkanes) is 1. The molecule has 0 atom stereocenters. The van der Waals surface area contributed by atoms with Crippen molar-refractivity contribution in [2.45, 2.75) is 59.0 Å². The Balaban J connectivity index is 1.80. The van der Waals surface area contributed by atoms with Gasteiger partial charge in [-0.2, -0.15) is 0 Å². The van der Waals surface area contributed by atoms with Crippen LogP contribution in [0.25, 0.3) is 0 Å². The van der Waals surface area contributed by atoms with Crippen LogP contribution in [0, 0.1) is 6.92 Å². The van der Waals surface area contributed by atoms with Gasteiger partial charge in [-0.15, -0.1) is 11.3 Å². The Morgan fingerprint density at radius 3 is 2.78 bits per heavy atom. The van der Waals surface area contributed by atoms with Gasteiger partial charge in [0.25, 0.3) is 0 Å². The fourth-order valence-corrected chi connectivity index (χ4v) is 3.53. The SMILES string of the molecule is CCCCN1CCC(NC(=NCc2ncc(C)s2)NCC)CC1. The smallest absolute Gasteiger partial charge is 0.191 e. The van der Waals surface area contributed by atoms with Crippen LogP contribution in [0.2, 0.25) is 0 Å². The number of thiazole rings is 1. The minimum absolute atomic E-state index is 0.531. The van der Waals surface area contributed by atoms with Crippen molar-refractivity contribution in [1.29, 1.82) is 0 Å². The van der Waals surface area contributed by atoms with Crippen molar-refractivity contribution < 1.29 is 0 Å². The number of likely N-dealkylation sites (tertiary alicyclic amines) is 1. The van der Waals surface area contributed by atoms with E-state index in [-0.39, 0.29) is 0 Å². The van der Waals surface area contributed by atoms with E-state index < -0.39 is 0 Å². The molecular formula is C17H31N5S. The normalized spacial score (nSPS) is 17.4. The molecular weight excluding hydrogens is 306 g/mol. The summed E-state index contributed by atoms with van der Waals surface area (Å²) in [5.41, 5.74) is 0. The van der Waals surface area contributed by atoms with Crippen LogP contribution in [0.15, 0.2) is 11.2 Å². The van der Waals surface area contributed by atoms with Crippen molar-refractivity contribution in [3.05, 3.63) is 16.1 Å². The van der Waals surface area contributed by atoms with Crippen LogP contribution in [-0.4, -0.2) is 48.1 Å². The molecule has 2 N–H and O–H groups in total. The first kappa shape index (κ1) is 18.2.